The molecular formula is C15H20N4. The highest BCUT2D eigenvalue weighted by atomic mass is 15.3. The van der Waals surface area contributed by atoms with E-state index in [-0.39, 0.29) is 0 Å². The van der Waals surface area contributed by atoms with Crippen LogP contribution >= 0.6 is 0 Å². The highest BCUT2D eigenvalue weighted by Gasteiger charge is 2.39. The first-order chi connectivity index (χ1) is 9.24. The molecule has 4 heteroatoms. The Balaban J connectivity index is 1.84. The summed E-state index contributed by atoms with van der Waals surface area (Å²) in [6, 6.07) is 7.41. The van der Waals surface area contributed by atoms with Crippen molar-refractivity contribution in [2.24, 2.45) is 0 Å². The molecule has 2 fully saturated rings. The number of anilines is 1. The van der Waals surface area contributed by atoms with Crippen LogP contribution in [0.2, 0.25) is 0 Å². The Labute approximate surface area is 113 Å². The Morgan fingerprint density at radius 3 is 3.00 bits per heavy atom. The number of imidazole rings is 1. The second-order valence-corrected chi connectivity index (χ2v) is 5.88. The van der Waals surface area contributed by atoms with Crippen molar-refractivity contribution in [2.75, 3.05) is 18.8 Å². The van der Waals surface area contributed by atoms with Gasteiger partial charge >= 0.3 is 0 Å². The summed E-state index contributed by atoms with van der Waals surface area (Å²) in [4.78, 5) is 7.34. The molecule has 2 unspecified atom stereocenters. The SMILES string of the molecule is Cc1nc2cc(N)ccc2n1C1CCN2CCCC12. The average Bonchev–Trinajstić information content (AvgIpc) is 3.02. The molecule has 2 aliphatic rings. The highest BCUT2D eigenvalue weighted by molar-refractivity contribution is 5.79. The van der Waals surface area contributed by atoms with Gasteiger partial charge in [0.05, 0.1) is 17.1 Å². The smallest absolute Gasteiger partial charge is 0.107 e. The lowest BCUT2D eigenvalue weighted by Gasteiger charge is -2.23. The van der Waals surface area contributed by atoms with E-state index in [1.807, 2.05) is 12.1 Å². The van der Waals surface area contributed by atoms with Crippen molar-refractivity contribution in [3.63, 3.8) is 0 Å². The molecule has 1 aromatic heterocycles. The van der Waals surface area contributed by atoms with Gasteiger partial charge in [-0.25, -0.2) is 4.98 Å². The predicted octanol–water partition coefficient (Wildman–Crippen LogP) is 2.34. The fraction of sp³-hybridized carbons (Fsp3) is 0.533. The van der Waals surface area contributed by atoms with Gasteiger partial charge in [0.15, 0.2) is 0 Å². The maximum atomic E-state index is 5.86. The minimum Gasteiger partial charge on any atom is -0.399 e. The molecule has 19 heavy (non-hydrogen) atoms. The average molecular weight is 256 g/mol. The molecule has 4 nitrogen and oxygen atoms in total. The van der Waals surface area contributed by atoms with Crippen molar-refractivity contribution < 1.29 is 0 Å². The molecule has 2 atom stereocenters. The summed E-state index contributed by atoms with van der Waals surface area (Å²) in [7, 11) is 0. The highest BCUT2D eigenvalue weighted by Crippen LogP contribution is 2.38. The van der Waals surface area contributed by atoms with E-state index in [4.69, 9.17) is 10.7 Å². The Kier molecular flexibility index (Phi) is 2.36. The molecule has 2 aliphatic heterocycles. The number of hydrogen-bond acceptors (Lipinski definition) is 3. The van der Waals surface area contributed by atoms with Gasteiger partial charge in [-0.15, -0.1) is 0 Å². The number of aromatic nitrogens is 2. The van der Waals surface area contributed by atoms with E-state index >= 15 is 0 Å². The molecule has 0 amide bonds. The van der Waals surface area contributed by atoms with Gasteiger partial charge in [-0.05, 0) is 50.9 Å². The first-order valence-corrected chi connectivity index (χ1v) is 7.22. The van der Waals surface area contributed by atoms with Crippen LogP contribution in [0.4, 0.5) is 5.69 Å². The summed E-state index contributed by atoms with van der Waals surface area (Å²) in [5.41, 5.74) is 8.94. The normalized spacial score (nSPS) is 27.2. The molecular weight excluding hydrogens is 236 g/mol. The Bertz CT molecular complexity index is 630. The van der Waals surface area contributed by atoms with Crippen LogP contribution in [0.25, 0.3) is 11.0 Å². The molecule has 100 valence electrons. The van der Waals surface area contributed by atoms with Gasteiger partial charge in [0.25, 0.3) is 0 Å². The van der Waals surface area contributed by atoms with E-state index < -0.39 is 0 Å². The number of rotatable bonds is 1. The van der Waals surface area contributed by atoms with E-state index in [0.717, 1.165) is 17.0 Å². The standard InChI is InChI=1S/C15H20N4/c1-10-17-12-9-11(16)4-5-13(12)19(10)15-6-8-18-7-2-3-14(15)18/h4-5,9,14-15H,2-3,6-8,16H2,1H3. The number of aryl methyl sites for hydroxylation is 1. The first-order valence-electron chi connectivity index (χ1n) is 7.22. The van der Waals surface area contributed by atoms with Crippen LogP contribution in [-0.2, 0) is 0 Å². The van der Waals surface area contributed by atoms with Gasteiger partial charge in [0, 0.05) is 18.3 Å². The maximum absolute atomic E-state index is 5.86. The lowest BCUT2D eigenvalue weighted by Crippen LogP contribution is -2.27. The zero-order valence-corrected chi connectivity index (χ0v) is 11.3. The zero-order valence-electron chi connectivity index (χ0n) is 11.3. The topological polar surface area (TPSA) is 47.1 Å². The van der Waals surface area contributed by atoms with Crippen molar-refractivity contribution in [3.05, 3.63) is 24.0 Å². The number of hydrogen-bond donors (Lipinski definition) is 1. The van der Waals surface area contributed by atoms with Crippen LogP contribution in [-0.4, -0.2) is 33.6 Å². The number of nitrogens with zero attached hydrogens (tertiary/aromatic N) is 3. The molecule has 0 saturated carbocycles. The summed E-state index contributed by atoms with van der Waals surface area (Å²) in [6.45, 7) is 4.64. The number of nitrogens with two attached hydrogens (primary N) is 1. The number of nitrogen functional groups attached to an aromatic ring is 1. The van der Waals surface area contributed by atoms with Crippen molar-refractivity contribution in [1.29, 1.82) is 0 Å². The molecule has 4 rings (SSSR count). The lowest BCUT2D eigenvalue weighted by molar-refractivity contribution is 0.291. The van der Waals surface area contributed by atoms with E-state index in [1.54, 1.807) is 0 Å². The van der Waals surface area contributed by atoms with Gasteiger partial charge < -0.3 is 10.3 Å². The van der Waals surface area contributed by atoms with Gasteiger partial charge in [-0.1, -0.05) is 0 Å². The third-order valence-electron chi connectivity index (χ3n) is 4.79. The largest absolute Gasteiger partial charge is 0.399 e. The third kappa shape index (κ3) is 1.59. The molecule has 0 aliphatic carbocycles. The number of benzene rings is 1. The monoisotopic (exact) mass is 256 g/mol. The van der Waals surface area contributed by atoms with E-state index in [9.17, 15) is 0 Å². The minimum absolute atomic E-state index is 0.594. The van der Waals surface area contributed by atoms with E-state index in [1.165, 1.54) is 37.9 Å². The Morgan fingerprint density at radius 2 is 2.11 bits per heavy atom. The van der Waals surface area contributed by atoms with Crippen molar-refractivity contribution >= 4 is 16.7 Å². The lowest BCUT2D eigenvalue weighted by atomic mass is 10.1. The molecule has 2 N–H and O–H groups in total. The minimum atomic E-state index is 0.594. The van der Waals surface area contributed by atoms with Crippen LogP contribution < -0.4 is 5.73 Å². The number of fused-ring (bicyclic) bond motifs is 2. The van der Waals surface area contributed by atoms with Crippen LogP contribution in [0.3, 0.4) is 0 Å². The van der Waals surface area contributed by atoms with Gasteiger partial charge in [-0.3, -0.25) is 4.90 Å². The summed E-state index contributed by atoms with van der Waals surface area (Å²) in [5, 5.41) is 0. The summed E-state index contributed by atoms with van der Waals surface area (Å²) in [6.07, 6.45) is 3.93. The molecule has 0 radical (unpaired) electrons. The van der Waals surface area contributed by atoms with E-state index in [2.05, 4.69) is 22.5 Å². The van der Waals surface area contributed by atoms with Crippen molar-refractivity contribution in [2.45, 2.75) is 38.3 Å². The predicted molar refractivity (Wildman–Crippen MR) is 77.1 cm³/mol. The van der Waals surface area contributed by atoms with Crippen LogP contribution in [0.5, 0.6) is 0 Å². The fourth-order valence-electron chi connectivity index (χ4n) is 4.01. The van der Waals surface area contributed by atoms with Gasteiger partial charge in [0.1, 0.15) is 5.82 Å². The quantitative estimate of drug-likeness (QED) is 0.797. The molecule has 3 heterocycles. The fourth-order valence-corrected chi connectivity index (χ4v) is 4.01. The van der Waals surface area contributed by atoms with E-state index in [0.29, 0.717) is 12.1 Å². The van der Waals surface area contributed by atoms with Crippen molar-refractivity contribution in [3.8, 4) is 0 Å². The van der Waals surface area contributed by atoms with Crippen molar-refractivity contribution in [1.82, 2.24) is 14.5 Å². The Hall–Kier alpha value is -1.55. The maximum Gasteiger partial charge on any atom is 0.107 e. The third-order valence-corrected chi connectivity index (χ3v) is 4.79. The van der Waals surface area contributed by atoms with Crippen LogP contribution in [0.1, 0.15) is 31.1 Å². The van der Waals surface area contributed by atoms with Crippen LogP contribution in [0, 0.1) is 6.92 Å². The summed E-state index contributed by atoms with van der Waals surface area (Å²) < 4.78 is 2.45. The zero-order chi connectivity index (χ0) is 13.0. The summed E-state index contributed by atoms with van der Waals surface area (Å²) >= 11 is 0. The molecule has 2 aromatic rings. The van der Waals surface area contributed by atoms with Crippen LogP contribution in [0.15, 0.2) is 18.2 Å². The second kappa shape index (κ2) is 3.97. The van der Waals surface area contributed by atoms with Gasteiger partial charge in [-0.2, -0.15) is 0 Å². The Morgan fingerprint density at radius 1 is 1.21 bits per heavy atom. The molecule has 0 bridgehead atoms. The summed E-state index contributed by atoms with van der Waals surface area (Å²) in [5.74, 6) is 1.12. The van der Waals surface area contributed by atoms with Gasteiger partial charge in [0.2, 0.25) is 0 Å². The molecule has 0 spiro atoms. The second-order valence-electron chi connectivity index (χ2n) is 5.88. The molecule has 2 saturated heterocycles. The first kappa shape index (κ1) is 11.3. The molecule has 1 aromatic carbocycles.